The van der Waals surface area contributed by atoms with Gasteiger partial charge in [0.25, 0.3) is 0 Å². The van der Waals surface area contributed by atoms with Gasteiger partial charge in [0.1, 0.15) is 0 Å². The van der Waals surface area contributed by atoms with E-state index in [1.165, 1.54) is 0 Å². The van der Waals surface area contributed by atoms with E-state index in [1.807, 2.05) is 13.8 Å². The molecule has 0 saturated carbocycles. The first-order chi connectivity index (χ1) is 6.49. The zero-order valence-corrected chi connectivity index (χ0v) is 9.89. The number of hydrogen-bond donors (Lipinski definition) is 2. The summed E-state index contributed by atoms with van der Waals surface area (Å²) in [6, 6.07) is -0.453. The second-order valence-electron chi connectivity index (χ2n) is 3.48. The third kappa shape index (κ3) is 5.34. The van der Waals surface area contributed by atoms with Gasteiger partial charge in [0.15, 0.2) is 0 Å². The third-order valence-electron chi connectivity index (χ3n) is 2.25. The minimum Gasteiger partial charge on any atom is -0.354 e. The van der Waals surface area contributed by atoms with Crippen LogP contribution < -0.4 is 11.1 Å². The molecule has 0 radical (unpaired) electrons. The van der Waals surface area contributed by atoms with Gasteiger partial charge in [0.05, 0.1) is 6.04 Å². The summed E-state index contributed by atoms with van der Waals surface area (Å²) in [7, 11) is -0.863. The van der Waals surface area contributed by atoms with Crippen molar-refractivity contribution in [3.8, 4) is 0 Å². The summed E-state index contributed by atoms with van der Waals surface area (Å²) < 4.78 is 10.7. The van der Waals surface area contributed by atoms with Gasteiger partial charge in [0.2, 0.25) is 5.91 Å². The number of hydrogen-bond acceptors (Lipinski definition) is 3. The number of amides is 1. The summed E-state index contributed by atoms with van der Waals surface area (Å²) in [5, 5.41) is 2.67. The highest BCUT2D eigenvalue weighted by Crippen LogP contribution is 2.04. The zero-order valence-electron chi connectivity index (χ0n) is 9.08. The van der Waals surface area contributed by atoms with Gasteiger partial charge in [-0.2, -0.15) is 0 Å². The van der Waals surface area contributed by atoms with E-state index in [0.29, 0.717) is 12.3 Å². The molecule has 1 unspecified atom stereocenters. The number of carbonyl (C=O) groups is 1. The van der Waals surface area contributed by atoms with Gasteiger partial charge in [-0.15, -0.1) is 0 Å². The first-order valence-electron chi connectivity index (χ1n) is 4.82. The Balaban J connectivity index is 3.78. The van der Waals surface area contributed by atoms with Crippen LogP contribution in [0.2, 0.25) is 0 Å². The van der Waals surface area contributed by atoms with Crippen molar-refractivity contribution in [3.05, 3.63) is 0 Å². The Kier molecular flexibility index (Phi) is 6.74. The molecular weight excluding hydrogens is 200 g/mol. The van der Waals surface area contributed by atoms with Crippen molar-refractivity contribution < 1.29 is 9.00 Å². The summed E-state index contributed by atoms with van der Waals surface area (Å²) in [4.78, 5) is 11.4. The molecule has 0 spiro atoms. The molecule has 4 nitrogen and oxygen atoms in total. The molecule has 0 fully saturated rings. The highest BCUT2D eigenvalue weighted by Gasteiger charge is 2.18. The van der Waals surface area contributed by atoms with Gasteiger partial charge >= 0.3 is 0 Å². The van der Waals surface area contributed by atoms with Crippen molar-refractivity contribution in [2.45, 2.75) is 26.3 Å². The van der Waals surface area contributed by atoms with Crippen molar-refractivity contribution in [1.29, 1.82) is 0 Å². The molecule has 14 heavy (non-hydrogen) atoms. The van der Waals surface area contributed by atoms with E-state index in [-0.39, 0.29) is 11.8 Å². The van der Waals surface area contributed by atoms with Crippen LogP contribution in [0, 0.1) is 5.92 Å². The van der Waals surface area contributed by atoms with Gasteiger partial charge in [-0.05, 0) is 5.92 Å². The highest BCUT2D eigenvalue weighted by molar-refractivity contribution is 7.84. The van der Waals surface area contributed by atoms with Crippen molar-refractivity contribution in [1.82, 2.24) is 5.32 Å². The van der Waals surface area contributed by atoms with E-state index in [0.717, 1.165) is 6.42 Å². The quantitative estimate of drug-likeness (QED) is 0.654. The lowest BCUT2D eigenvalue weighted by Gasteiger charge is -2.17. The predicted octanol–water partition coefficient (Wildman–Crippen LogP) is -0.145. The Hall–Kier alpha value is -0.420. The molecule has 3 N–H and O–H groups in total. The minimum atomic E-state index is -0.863. The van der Waals surface area contributed by atoms with Crippen molar-refractivity contribution in [2.75, 3.05) is 18.6 Å². The fourth-order valence-electron chi connectivity index (χ4n) is 0.948. The molecule has 0 bridgehead atoms. The fourth-order valence-corrected chi connectivity index (χ4v) is 1.34. The van der Waals surface area contributed by atoms with Crippen LogP contribution in [0.3, 0.4) is 0 Å². The largest absolute Gasteiger partial charge is 0.354 e. The van der Waals surface area contributed by atoms with Crippen LogP contribution in [0.4, 0.5) is 0 Å². The maximum atomic E-state index is 11.4. The van der Waals surface area contributed by atoms with E-state index in [2.05, 4.69) is 5.32 Å². The predicted molar refractivity (Wildman–Crippen MR) is 59.4 cm³/mol. The summed E-state index contributed by atoms with van der Waals surface area (Å²) in [5.74, 6) is 0.519. The Labute approximate surface area is 88.1 Å². The van der Waals surface area contributed by atoms with Crippen LogP contribution in [0.25, 0.3) is 0 Å². The normalized spacial score (nSPS) is 17.1. The van der Waals surface area contributed by atoms with E-state index in [1.54, 1.807) is 6.26 Å². The molecule has 0 aliphatic carbocycles. The SMILES string of the molecule is CC[C@H](C)[C@H](N)C(=O)NCCS(C)=O. The van der Waals surface area contributed by atoms with Gasteiger partial charge in [-0.25, -0.2) is 0 Å². The van der Waals surface area contributed by atoms with Gasteiger partial charge in [-0.1, -0.05) is 20.3 Å². The molecule has 0 heterocycles. The minimum absolute atomic E-state index is 0.148. The molecule has 3 atom stereocenters. The van der Waals surface area contributed by atoms with Crippen molar-refractivity contribution in [3.63, 3.8) is 0 Å². The first-order valence-corrected chi connectivity index (χ1v) is 6.55. The summed E-state index contributed by atoms with van der Waals surface area (Å²) >= 11 is 0. The van der Waals surface area contributed by atoms with Gasteiger partial charge in [0, 0.05) is 29.4 Å². The molecule has 0 rings (SSSR count). The molecule has 84 valence electrons. The Morgan fingerprint density at radius 2 is 2.14 bits per heavy atom. The number of rotatable bonds is 6. The third-order valence-corrected chi connectivity index (χ3v) is 3.03. The lowest BCUT2D eigenvalue weighted by Crippen LogP contribution is -2.45. The summed E-state index contributed by atoms with van der Waals surface area (Å²) in [6.45, 7) is 4.38. The molecule has 0 aliphatic rings. The lowest BCUT2D eigenvalue weighted by molar-refractivity contribution is -0.123. The molecule has 0 aliphatic heterocycles. The Morgan fingerprint density at radius 1 is 1.57 bits per heavy atom. The first kappa shape index (κ1) is 13.6. The average Bonchev–Trinajstić information content (AvgIpc) is 2.14. The Bertz CT molecular complexity index is 209. The van der Waals surface area contributed by atoms with E-state index >= 15 is 0 Å². The van der Waals surface area contributed by atoms with E-state index in [9.17, 15) is 9.00 Å². The van der Waals surface area contributed by atoms with Gasteiger partial charge in [-0.3, -0.25) is 9.00 Å². The maximum absolute atomic E-state index is 11.4. The monoisotopic (exact) mass is 220 g/mol. The number of nitrogens with one attached hydrogen (secondary N) is 1. The average molecular weight is 220 g/mol. The van der Waals surface area contributed by atoms with Crippen LogP contribution >= 0.6 is 0 Å². The topological polar surface area (TPSA) is 72.2 Å². The fraction of sp³-hybridized carbons (Fsp3) is 0.889. The molecule has 0 aromatic heterocycles. The maximum Gasteiger partial charge on any atom is 0.237 e. The van der Waals surface area contributed by atoms with Crippen LogP contribution in [-0.2, 0) is 15.6 Å². The van der Waals surface area contributed by atoms with Gasteiger partial charge < -0.3 is 11.1 Å². The molecule has 5 heteroatoms. The summed E-state index contributed by atoms with van der Waals surface area (Å²) in [5.41, 5.74) is 5.70. The standard InChI is InChI=1S/C9H20N2O2S/c1-4-7(2)8(10)9(12)11-5-6-14(3)13/h7-8H,4-6,10H2,1-3H3,(H,11,12)/t7-,8-,14?/m0/s1. The lowest BCUT2D eigenvalue weighted by atomic mass is 9.99. The van der Waals surface area contributed by atoms with E-state index < -0.39 is 16.8 Å². The second-order valence-corrected chi connectivity index (χ2v) is 5.03. The molecule has 0 aromatic rings. The second kappa shape index (κ2) is 6.95. The van der Waals surface area contributed by atoms with E-state index in [4.69, 9.17) is 5.73 Å². The zero-order chi connectivity index (χ0) is 11.1. The Morgan fingerprint density at radius 3 is 2.57 bits per heavy atom. The van der Waals surface area contributed by atoms with Crippen LogP contribution in [0.5, 0.6) is 0 Å². The molecule has 1 amide bonds. The van der Waals surface area contributed by atoms with Crippen molar-refractivity contribution in [2.24, 2.45) is 11.7 Å². The van der Waals surface area contributed by atoms with Crippen LogP contribution in [0.15, 0.2) is 0 Å². The number of nitrogens with two attached hydrogens (primary N) is 1. The summed E-state index contributed by atoms with van der Waals surface area (Å²) in [6.07, 6.45) is 2.50. The molecular formula is C9H20N2O2S. The molecule has 0 saturated heterocycles. The smallest absolute Gasteiger partial charge is 0.237 e. The number of carbonyl (C=O) groups excluding carboxylic acids is 1. The highest BCUT2D eigenvalue weighted by atomic mass is 32.2. The molecule has 0 aromatic carbocycles. The van der Waals surface area contributed by atoms with Crippen LogP contribution in [-0.4, -0.2) is 34.7 Å². The van der Waals surface area contributed by atoms with Crippen LogP contribution in [0.1, 0.15) is 20.3 Å². The van der Waals surface area contributed by atoms with Crippen molar-refractivity contribution >= 4 is 16.7 Å².